The van der Waals surface area contributed by atoms with E-state index in [9.17, 15) is 9.59 Å². The molecule has 2 atom stereocenters. The lowest BCUT2D eigenvalue weighted by Crippen LogP contribution is -2.27. The Morgan fingerprint density at radius 3 is 1.93 bits per heavy atom. The molecule has 44 heavy (non-hydrogen) atoms. The Morgan fingerprint density at radius 1 is 0.750 bits per heavy atom. The Morgan fingerprint density at radius 2 is 1.34 bits per heavy atom. The third-order valence-electron chi connectivity index (χ3n) is 7.48. The molecule has 0 aliphatic heterocycles. The van der Waals surface area contributed by atoms with Gasteiger partial charge >= 0.3 is 11.9 Å². The number of ether oxygens (including phenoxy) is 4. The lowest BCUT2D eigenvalue weighted by atomic mass is 10.1. The van der Waals surface area contributed by atoms with Crippen molar-refractivity contribution in [2.75, 3.05) is 13.2 Å². The van der Waals surface area contributed by atoms with Gasteiger partial charge in [0, 0.05) is 0 Å². The van der Waals surface area contributed by atoms with Gasteiger partial charge in [-0.15, -0.1) is 0 Å². The minimum atomic E-state index is -0.616. The highest BCUT2D eigenvalue weighted by Crippen LogP contribution is 2.22. The fourth-order valence-corrected chi connectivity index (χ4v) is 4.35. The van der Waals surface area contributed by atoms with Gasteiger partial charge in [0.1, 0.15) is 17.2 Å². The van der Waals surface area contributed by atoms with Crippen molar-refractivity contribution >= 4 is 24.1 Å². The molecule has 0 saturated carbocycles. The standard InChI is InChI=1S/C38H48O6/c1-6-8-9-10-11-12-25-41-36-24-19-33(26-29(36)4)38(40)44-35-22-17-32(18-23-35)14-13-31-15-20-34(21-16-31)43-37(39)30(5)42-27-28(3)7-2/h13-24,26,28,30H,6-12,25,27H2,1-5H3/b14-13+/t28-,30?/m0/s1. The van der Waals surface area contributed by atoms with Crippen molar-refractivity contribution in [3.8, 4) is 17.2 Å². The average Bonchev–Trinajstić information content (AvgIpc) is 3.03. The first-order valence-electron chi connectivity index (χ1n) is 16.0. The van der Waals surface area contributed by atoms with Crippen molar-refractivity contribution in [3.05, 3.63) is 89.0 Å². The van der Waals surface area contributed by atoms with Gasteiger partial charge in [-0.3, -0.25) is 0 Å². The van der Waals surface area contributed by atoms with Crippen molar-refractivity contribution < 1.29 is 28.5 Å². The number of esters is 2. The quantitative estimate of drug-likeness (QED) is 0.0627. The number of hydrogen-bond acceptors (Lipinski definition) is 6. The van der Waals surface area contributed by atoms with E-state index in [4.69, 9.17) is 18.9 Å². The van der Waals surface area contributed by atoms with Crippen LogP contribution in [0.2, 0.25) is 0 Å². The molecule has 0 aliphatic rings. The molecule has 0 fully saturated rings. The zero-order valence-electron chi connectivity index (χ0n) is 27.0. The molecule has 0 aromatic heterocycles. The Labute approximate surface area is 263 Å². The molecule has 6 heteroatoms. The second-order valence-electron chi connectivity index (χ2n) is 11.4. The monoisotopic (exact) mass is 600 g/mol. The van der Waals surface area contributed by atoms with Crippen LogP contribution in [-0.2, 0) is 9.53 Å². The van der Waals surface area contributed by atoms with Gasteiger partial charge in [-0.25, -0.2) is 9.59 Å². The van der Waals surface area contributed by atoms with E-state index < -0.39 is 18.0 Å². The number of aryl methyl sites for hydroxylation is 1. The molecule has 3 rings (SSSR count). The summed E-state index contributed by atoms with van der Waals surface area (Å²) in [5.74, 6) is 1.34. The van der Waals surface area contributed by atoms with E-state index in [-0.39, 0.29) is 0 Å². The Bertz CT molecular complexity index is 1330. The van der Waals surface area contributed by atoms with Crippen molar-refractivity contribution in [2.45, 2.75) is 85.7 Å². The molecule has 0 bridgehead atoms. The fourth-order valence-electron chi connectivity index (χ4n) is 4.35. The number of carbonyl (C=O) groups is 2. The van der Waals surface area contributed by atoms with Gasteiger partial charge in [-0.1, -0.05) is 95.7 Å². The molecule has 0 amide bonds. The highest BCUT2D eigenvalue weighted by atomic mass is 16.6. The normalized spacial score (nSPS) is 12.6. The number of carbonyl (C=O) groups excluding carboxylic acids is 2. The Hall–Kier alpha value is -3.90. The molecule has 236 valence electrons. The topological polar surface area (TPSA) is 71.1 Å². The van der Waals surface area contributed by atoms with E-state index in [0.717, 1.165) is 35.3 Å². The molecule has 3 aromatic carbocycles. The average molecular weight is 601 g/mol. The van der Waals surface area contributed by atoms with E-state index in [1.165, 1.54) is 32.1 Å². The van der Waals surface area contributed by atoms with Crippen LogP contribution in [0.1, 0.15) is 99.7 Å². The molecule has 6 nitrogen and oxygen atoms in total. The summed E-state index contributed by atoms with van der Waals surface area (Å²) >= 11 is 0. The van der Waals surface area contributed by atoms with E-state index in [1.807, 2.05) is 55.5 Å². The number of benzene rings is 3. The van der Waals surface area contributed by atoms with Gasteiger partial charge < -0.3 is 18.9 Å². The SMILES string of the molecule is CCCCCCCCOc1ccc(C(=O)Oc2ccc(/C=C/c3ccc(OC(=O)C(C)OC[C@@H](C)CC)cc3)cc2)cc1C. The van der Waals surface area contributed by atoms with Gasteiger partial charge in [0.15, 0.2) is 6.10 Å². The summed E-state index contributed by atoms with van der Waals surface area (Å²) in [6.07, 6.45) is 11.6. The van der Waals surface area contributed by atoms with E-state index >= 15 is 0 Å². The van der Waals surface area contributed by atoms with Gasteiger partial charge in [0.2, 0.25) is 0 Å². The maximum absolute atomic E-state index is 12.7. The predicted octanol–water partition coefficient (Wildman–Crippen LogP) is 9.48. The summed E-state index contributed by atoms with van der Waals surface area (Å²) in [6, 6.07) is 20.0. The van der Waals surface area contributed by atoms with Crippen LogP contribution in [0.4, 0.5) is 0 Å². The summed E-state index contributed by atoms with van der Waals surface area (Å²) in [6.45, 7) is 11.3. The molecule has 0 heterocycles. The lowest BCUT2D eigenvalue weighted by Gasteiger charge is -2.15. The minimum Gasteiger partial charge on any atom is -0.493 e. The molecule has 0 radical (unpaired) electrons. The molecule has 0 aliphatic carbocycles. The predicted molar refractivity (Wildman–Crippen MR) is 177 cm³/mol. The van der Waals surface area contributed by atoms with E-state index in [2.05, 4.69) is 20.8 Å². The molecule has 1 unspecified atom stereocenters. The molecule has 0 spiro atoms. The Balaban J connectivity index is 1.45. The van der Waals surface area contributed by atoms with Crippen LogP contribution in [0.5, 0.6) is 17.2 Å². The van der Waals surface area contributed by atoms with E-state index in [1.54, 1.807) is 37.3 Å². The smallest absolute Gasteiger partial charge is 0.343 e. The van der Waals surface area contributed by atoms with Crippen molar-refractivity contribution in [2.24, 2.45) is 5.92 Å². The number of unbranched alkanes of at least 4 members (excludes halogenated alkanes) is 5. The van der Waals surface area contributed by atoms with Crippen LogP contribution in [0.25, 0.3) is 12.2 Å². The highest BCUT2D eigenvalue weighted by Gasteiger charge is 2.17. The molecular formula is C38H48O6. The van der Waals surface area contributed by atoms with Crippen LogP contribution >= 0.6 is 0 Å². The molecule has 0 N–H and O–H groups in total. The minimum absolute atomic E-state index is 0.398. The first kappa shape index (κ1) is 34.6. The molecule has 3 aromatic rings. The molecular weight excluding hydrogens is 552 g/mol. The van der Waals surface area contributed by atoms with Crippen LogP contribution in [0, 0.1) is 12.8 Å². The first-order valence-corrected chi connectivity index (χ1v) is 16.0. The fraction of sp³-hybridized carbons (Fsp3) is 0.421. The summed E-state index contributed by atoms with van der Waals surface area (Å²) in [5, 5.41) is 0. The Kier molecular flexibility index (Phi) is 14.7. The van der Waals surface area contributed by atoms with Gasteiger partial charge in [0.05, 0.1) is 18.8 Å². The van der Waals surface area contributed by atoms with Crippen molar-refractivity contribution in [1.29, 1.82) is 0 Å². The lowest BCUT2D eigenvalue weighted by molar-refractivity contribution is -0.146. The summed E-state index contributed by atoms with van der Waals surface area (Å²) in [5.41, 5.74) is 3.31. The van der Waals surface area contributed by atoms with Crippen LogP contribution < -0.4 is 14.2 Å². The largest absolute Gasteiger partial charge is 0.493 e. The third kappa shape index (κ3) is 12.0. The third-order valence-corrected chi connectivity index (χ3v) is 7.48. The van der Waals surface area contributed by atoms with E-state index in [0.29, 0.717) is 36.2 Å². The second-order valence-corrected chi connectivity index (χ2v) is 11.4. The van der Waals surface area contributed by atoms with Crippen LogP contribution in [0.15, 0.2) is 66.7 Å². The molecule has 0 saturated heterocycles. The summed E-state index contributed by atoms with van der Waals surface area (Å²) in [7, 11) is 0. The number of hydrogen-bond donors (Lipinski definition) is 0. The van der Waals surface area contributed by atoms with Crippen molar-refractivity contribution in [3.63, 3.8) is 0 Å². The highest BCUT2D eigenvalue weighted by molar-refractivity contribution is 5.91. The summed E-state index contributed by atoms with van der Waals surface area (Å²) < 4.78 is 22.6. The van der Waals surface area contributed by atoms with Gasteiger partial charge in [0.25, 0.3) is 0 Å². The first-order chi connectivity index (χ1) is 21.3. The number of rotatable bonds is 18. The second kappa shape index (κ2) is 18.7. The summed E-state index contributed by atoms with van der Waals surface area (Å²) in [4.78, 5) is 25.0. The maximum Gasteiger partial charge on any atom is 0.343 e. The van der Waals surface area contributed by atoms with Gasteiger partial charge in [-0.05, 0) is 85.3 Å². The van der Waals surface area contributed by atoms with Gasteiger partial charge in [-0.2, -0.15) is 0 Å². The van der Waals surface area contributed by atoms with Crippen LogP contribution in [-0.4, -0.2) is 31.3 Å². The van der Waals surface area contributed by atoms with Crippen LogP contribution in [0.3, 0.4) is 0 Å². The maximum atomic E-state index is 12.7. The zero-order chi connectivity index (χ0) is 31.7. The van der Waals surface area contributed by atoms with Crippen molar-refractivity contribution in [1.82, 2.24) is 0 Å². The zero-order valence-corrected chi connectivity index (χ0v) is 27.0.